The second-order valence-electron chi connectivity index (χ2n) is 5.19. The van der Waals surface area contributed by atoms with Gasteiger partial charge in [0.15, 0.2) is 0 Å². The first-order valence-corrected chi connectivity index (χ1v) is 7.41. The Morgan fingerprint density at radius 1 is 1.12 bits per heavy atom. The maximum absolute atomic E-state index is 13.6. The number of ether oxygens (including phenoxy) is 3. The van der Waals surface area contributed by atoms with E-state index in [1.165, 1.54) is 13.2 Å². The molecular formula is C18H20FNO4. The monoisotopic (exact) mass is 333 g/mol. The topological polar surface area (TPSA) is 70.8 Å². The van der Waals surface area contributed by atoms with Crippen molar-refractivity contribution >= 4 is 5.97 Å². The Morgan fingerprint density at radius 2 is 1.88 bits per heavy atom. The van der Waals surface area contributed by atoms with Gasteiger partial charge in [-0.25, -0.2) is 4.39 Å². The van der Waals surface area contributed by atoms with Crippen LogP contribution in [0.25, 0.3) is 0 Å². The number of esters is 1. The second-order valence-corrected chi connectivity index (χ2v) is 5.19. The molecule has 2 N–H and O–H groups in total. The van der Waals surface area contributed by atoms with Gasteiger partial charge >= 0.3 is 5.97 Å². The van der Waals surface area contributed by atoms with Crippen molar-refractivity contribution < 1.29 is 23.4 Å². The van der Waals surface area contributed by atoms with Gasteiger partial charge < -0.3 is 19.9 Å². The summed E-state index contributed by atoms with van der Waals surface area (Å²) in [5.41, 5.74) is 6.87. The van der Waals surface area contributed by atoms with E-state index in [0.717, 1.165) is 0 Å². The molecule has 5 nitrogen and oxygen atoms in total. The molecule has 0 saturated carbocycles. The fourth-order valence-corrected chi connectivity index (χ4v) is 2.21. The highest BCUT2D eigenvalue weighted by Crippen LogP contribution is 2.25. The minimum atomic E-state index is -0.939. The van der Waals surface area contributed by atoms with Crippen molar-refractivity contribution in [3.8, 4) is 11.5 Å². The van der Waals surface area contributed by atoms with Crippen LogP contribution in [0.1, 0.15) is 11.1 Å². The van der Waals surface area contributed by atoms with E-state index in [9.17, 15) is 9.18 Å². The van der Waals surface area contributed by atoms with Gasteiger partial charge in [-0.1, -0.05) is 18.2 Å². The average Bonchev–Trinajstić information content (AvgIpc) is 2.61. The van der Waals surface area contributed by atoms with E-state index < -0.39 is 17.8 Å². The summed E-state index contributed by atoms with van der Waals surface area (Å²) in [5.74, 6) is 0.191. The lowest BCUT2D eigenvalue weighted by Gasteiger charge is -2.14. The number of methoxy groups -OCH3 is 2. The fraction of sp³-hybridized carbons (Fsp3) is 0.278. The molecule has 128 valence electrons. The normalized spacial score (nSPS) is 11.7. The summed E-state index contributed by atoms with van der Waals surface area (Å²) in [6, 6.07) is 10.4. The maximum Gasteiger partial charge on any atom is 0.323 e. The van der Waals surface area contributed by atoms with E-state index in [-0.39, 0.29) is 13.0 Å². The van der Waals surface area contributed by atoms with Crippen LogP contribution < -0.4 is 15.2 Å². The third kappa shape index (κ3) is 4.45. The van der Waals surface area contributed by atoms with Crippen LogP contribution in [0.5, 0.6) is 11.5 Å². The molecule has 0 spiro atoms. The summed E-state index contributed by atoms with van der Waals surface area (Å²) in [4.78, 5) is 12.0. The molecule has 0 radical (unpaired) electrons. The van der Waals surface area contributed by atoms with Crippen LogP contribution in [-0.4, -0.2) is 26.2 Å². The van der Waals surface area contributed by atoms with Crippen molar-refractivity contribution in [2.45, 2.75) is 19.1 Å². The third-order valence-electron chi connectivity index (χ3n) is 3.56. The minimum Gasteiger partial charge on any atom is -0.497 e. The van der Waals surface area contributed by atoms with Gasteiger partial charge in [0.25, 0.3) is 0 Å². The third-order valence-corrected chi connectivity index (χ3v) is 3.56. The number of carbonyl (C=O) groups is 1. The Hall–Kier alpha value is -2.60. The van der Waals surface area contributed by atoms with Gasteiger partial charge in [-0.05, 0) is 23.8 Å². The van der Waals surface area contributed by atoms with Crippen molar-refractivity contribution in [3.63, 3.8) is 0 Å². The zero-order valence-electron chi connectivity index (χ0n) is 13.6. The number of hydrogen-bond donors (Lipinski definition) is 1. The summed E-state index contributed by atoms with van der Waals surface area (Å²) < 4.78 is 29.2. The van der Waals surface area contributed by atoms with Gasteiger partial charge in [0.2, 0.25) is 0 Å². The Labute approximate surface area is 140 Å². The van der Waals surface area contributed by atoms with E-state index in [4.69, 9.17) is 19.9 Å². The molecule has 0 heterocycles. The van der Waals surface area contributed by atoms with Gasteiger partial charge in [-0.3, -0.25) is 4.79 Å². The number of halogens is 1. The van der Waals surface area contributed by atoms with Gasteiger partial charge in [-0.15, -0.1) is 0 Å². The predicted molar refractivity (Wildman–Crippen MR) is 87.4 cm³/mol. The molecule has 2 aromatic carbocycles. The fourth-order valence-electron chi connectivity index (χ4n) is 2.21. The van der Waals surface area contributed by atoms with Crippen molar-refractivity contribution in [3.05, 3.63) is 59.4 Å². The van der Waals surface area contributed by atoms with E-state index >= 15 is 0 Å². The SMILES string of the molecule is COc1ccc(COC(=O)[C@@H](N)Cc2ccccc2F)c(OC)c1. The zero-order chi connectivity index (χ0) is 17.5. The van der Waals surface area contributed by atoms with Crippen molar-refractivity contribution in [1.82, 2.24) is 0 Å². The molecular weight excluding hydrogens is 313 g/mol. The summed E-state index contributed by atoms with van der Waals surface area (Å²) in [7, 11) is 3.07. The Morgan fingerprint density at radius 3 is 2.54 bits per heavy atom. The van der Waals surface area contributed by atoms with Crippen LogP contribution in [0, 0.1) is 5.82 Å². The zero-order valence-corrected chi connectivity index (χ0v) is 13.6. The van der Waals surface area contributed by atoms with E-state index in [1.54, 1.807) is 43.5 Å². The number of benzene rings is 2. The molecule has 0 bridgehead atoms. The largest absolute Gasteiger partial charge is 0.497 e. The van der Waals surface area contributed by atoms with Gasteiger partial charge in [0.1, 0.15) is 30.0 Å². The lowest BCUT2D eigenvalue weighted by Crippen LogP contribution is -2.34. The Bertz CT molecular complexity index is 705. The van der Waals surface area contributed by atoms with Crippen LogP contribution in [0.15, 0.2) is 42.5 Å². The van der Waals surface area contributed by atoms with Crippen LogP contribution in [0.3, 0.4) is 0 Å². The van der Waals surface area contributed by atoms with Crippen LogP contribution in [-0.2, 0) is 22.6 Å². The smallest absolute Gasteiger partial charge is 0.323 e. The first kappa shape index (κ1) is 17.7. The maximum atomic E-state index is 13.6. The second kappa shape index (κ2) is 8.31. The lowest BCUT2D eigenvalue weighted by atomic mass is 10.1. The molecule has 0 unspecified atom stereocenters. The van der Waals surface area contributed by atoms with Crippen molar-refractivity contribution in [2.24, 2.45) is 5.73 Å². The highest BCUT2D eigenvalue weighted by Gasteiger charge is 2.18. The molecule has 24 heavy (non-hydrogen) atoms. The molecule has 0 saturated heterocycles. The van der Waals surface area contributed by atoms with Crippen LogP contribution in [0.2, 0.25) is 0 Å². The van der Waals surface area contributed by atoms with Crippen LogP contribution in [0.4, 0.5) is 4.39 Å². The first-order chi connectivity index (χ1) is 11.5. The summed E-state index contributed by atoms with van der Waals surface area (Å²) in [6.07, 6.45) is 0.0747. The standard InChI is InChI=1S/C18H20FNO4/c1-22-14-8-7-13(17(10-14)23-2)11-24-18(21)16(20)9-12-5-3-4-6-15(12)19/h3-8,10,16H,9,11,20H2,1-2H3/t16-/m0/s1. The van der Waals surface area contributed by atoms with Crippen molar-refractivity contribution in [2.75, 3.05) is 14.2 Å². The molecule has 0 aliphatic heterocycles. The van der Waals surface area contributed by atoms with E-state index in [0.29, 0.717) is 22.6 Å². The summed E-state index contributed by atoms with van der Waals surface area (Å²) >= 11 is 0. The van der Waals surface area contributed by atoms with E-state index in [2.05, 4.69) is 0 Å². The van der Waals surface area contributed by atoms with E-state index in [1.807, 2.05) is 0 Å². The Kier molecular flexibility index (Phi) is 6.14. The number of rotatable bonds is 7. The molecule has 1 atom stereocenters. The first-order valence-electron chi connectivity index (χ1n) is 7.41. The number of carbonyl (C=O) groups excluding carboxylic acids is 1. The number of nitrogens with two attached hydrogens (primary N) is 1. The van der Waals surface area contributed by atoms with Crippen LogP contribution >= 0.6 is 0 Å². The molecule has 0 fully saturated rings. The summed E-state index contributed by atoms with van der Waals surface area (Å²) in [5, 5.41) is 0. The molecule has 2 aromatic rings. The molecule has 0 aliphatic carbocycles. The van der Waals surface area contributed by atoms with Gasteiger partial charge in [0, 0.05) is 18.1 Å². The van der Waals surface area contributed by atoms with Gasteiger partial charge in [0.05, 0.1) is 14.2 Å². The highest BCUT2D eigenvalue weighted by molar-refractivity contribution is 5.76. The highest BCUT2D eigenvalue weighted by atomic mass is 19.1. The average molecular weight is 333 g/mol. The Balaban J connectivity index is 1.96. The summed E-state index contributed by atoms with van der Waals surface area (Å²) in [6.45, 7) is 0.0109. The quantitative estimate of drug-likeness (QED) is 0.788. The van der Waals surface area contributed by atoms with Crippen molar-refractivity contribution in [1.29, 1.82) is 0 Å². The molecule has 0 amide bonds. The molecule has 6 heteroatoms. The molecule has 2 rings (SSSR count). The number of hydrogen-bond acceptors (Lipinski definition) is 5. The minimum absolute atomic E-state index is 0.0109. The molecule has 0 aliphatic rings. The lowest BCUT2D eigenvalue weighted by molar-refractivity contribution is -0.146. The van der Waals surface area contributed by atoms with Gasteiger partial charge in [-0.2, -0.15) is 0 Å². The molecule has 0 aromatic heterocycles. The predicted octanol–water partition coefficient (Wildman–Crippen LogP) is 2.46.